The predicted molar refractivity (Wildman–Crippen MR) is 74.1 cm³/mol. The number of anilines is 1. The molecule has 0 spiro atoms. The summed E-state index contributed by atoms with van der Waals surface area (Å²) in [7, 11) is 0. The van der Waals surface area contributed by atoms with Crippen molar-refractivity contribution in [2.45, 2.75) is 12.0 Å². The van der Waals surface area contributed by atoms with E-state index < -0.39 is 17.3 Å². The van der Waals surface area contributed by atoms with Crippen LogP contribution in [0, 0.1) is 5.82 Å². The number of benzene rings is 2. The van der Waals surface area contributed by atoms with Crippen LogP contribution in [0.25, 0.3) is 0 Å². The van der Waals surface area contributed by atoms with Crippen LogP contribution in [0.3, 0.4) is 0 Å². The summed E-state index contributed by atoms with van der Waals surface area (Å²) in [5.74, 6) is -1.09. The van der Waals surface area contributed by atoms with E-state index in [-0.39, 0.29) is 17.0 Å². The minimum atomic E-state index is -1.76. The Bertz CT molecular complexity index is 704. The zero-order valence-corrected chi connectivity index (χ0v) is 11.1. The van der Waals surface area contributed by atoms with Crippen LogP contribution in [0.15, 0.2) is 42.5 Å². The molecule has 3 nitrogen and oxygen atoms in total. The second kappa shape index (κ2) is 4.58. The molecule has 0 saturated heterocycles. The third-order valence-corrected chi connectivity index (χ3v) is 3.69. The highest BCUT2D eigenvalue weighted by atomic mass is 35.5. The largest absolute Gasteiger partial charge is 0.375 e. The highest BCUT2D eigenvalue weighted by Gasteiger charge is 2.45. The highest BCUT2D eigenvalue weighted by Crippen LogP contribution is 2.38. The van der Waals surface area contributed by atoms with E-state index in [1.165, 1.54) is 18.2 Å². The van der Waals surface area contributed by atoms with Crippen molar-refractivity contribution in [1.29, 1.82) is 0 Å². The second-order valence-electron chi connectivity index (χ2n) is 4.77. The lowest BCUT2D eigenvalue weighted by atomic mass is 9.88. The summed E-state index contributed by atoms with van der Waals surface area (Å²) in [5.41, 5.74) is -0.511. The molecular formula is C15H11ClFNO2. The van der Waals surface area contributed by atoms with Crippen molar-refractivity contribution in [3.8, 4) is 0 Å². The Hall–Kier alpha value is -1.91. The number of halogens is 2. The van der Waals surface area contributed by atoms with Gasteiger partial charge in [-0.3, -0.25) is 4.79 Å². The average molecular weight is 292 g/mol. The molecule has 1 atom stereocenters. The summed E-state index contributed by atoms with van der Waals surface area (Å²) < 4.78 is 13.8. The molecule has 3 rings (SSSR count). The Morgan fingerprint density at radius 1 is 1.25 bits per heavy atom. The number of amides is 1. The fourth-order valence-electron chi connectivity index (χ4n) is 2.42. The number of carbonyl (C=O) groups is 1. The van der Waals surface area contributed by atoms with Gasteiger partial charge in [-0.15, -0.1) is 0 Å². The summed E-state index contributed by atoms with van der Waals surface area (Å²) in [6, 6.07) is 11.0. The number of carbonyl (C=O) groups excluding carboxylic acids is 1. The van der Waals surface area contributed by atoms with Gasteiger partial charge in [-0.25, -0.2) is 4.39 Å². The maximum atomic E-state index is 13.8. The van der Waals surface area contributed by atoms with E-state index in [9.17, 15) is 14.3 Å². The molecule has 1 unspecified atom stereocenters. The zero-order valence-electron chi connectivity index (χ0n) is 10.4. The third kappa shape index (κ3) is 1.97. The minimum Gasteiger partial charge on any atom is -0.375 e. The molecule has 2 aromatic rings. The van der Waals surface area contributed by atoms with Crippen molar-refractivity contribution in [2.75, 3.05) is 5.32 Å². The van der Waals surface area contributed by atoms with E-state index in [2.05, 4.69) is 5.32 Å². The van der Waals surface area contributed by atoms with Gasteiger partial charge in [0.2, 0.25) is 0 Å². The van der Waals surface area contributed by atoms with E-state index in [4.69, 9.17) is 11.6 Å². The van der Waals surface area contributed by atoms with Crippen molar-refractivity contribution in [3.05, 3.63) is 64.4 Å². The third-order valence-electron chi connectivity index (χ3n) is 3.46. The zero-order chi connectivity index (χ0) is 14.3. The molecule has 0 aromatic heterocycles. The van der Waals surface area contributed by atoms with Crippen LogP contribution in [0.2, 0.25) is 5.02 Å². The van der Waals surface area contributed by atoms with Crippen LogP contribution in [0.4, 0.5) is 10.1 Å². The van der Waals surface area contributed by atoms with Gasteiger partial charge in [-0.2, -0.15) is 0 Å². The van der Waals surface area contributed by atoms with Gasteiger partial charge < -0.3 is 10.4 Å². The molecule has 5 heteroatoms. The maximum absolute atomic E-state index is 13.8. The van der Waals surface area contributed by atoms with Gasteiger partial charge in [0.05, 0.1) is 0 Å². The number of hydrogen-bond donors (Lipinski definition) is 2. The summed E-state index contributed by atoms with van der Waals surface area (Å²) in [5, 5.41) is 13.5. The lowest BCUT2D eigenvalue weighted by Crippen LogP contribution is -2.36. The van der Waals surface area contributed by atoms with Gasteiger partial charge in [0.1, 0.15) is 5.82 Å². The summed E-state index contributed by atoms with van der Waals surface area (Å²) in [6.07, 6.45) is -0.140. The first-order chi connectivity index (χ1) is 9.50. The summed E-state index contributed by atoms with van der Waals surface area (Å²) >= 11 is 5.70. The molecule has 2 N–H and O–H groups in total. The van der Waals surface area contributed by atoms with Crippen LogP contribution in [0.1, 0.15) is 11.1 Å². The van der Waals surface area contributed by atoms with Gasteiger partial charge in [0, 0.05) is 22.7 Å². The molecule has 0 radical (unpaired) electrons. The van der Waals surface area contributed by atoms with E-state index in [0.29, 0.717) is 11.3 Å². The van der Waals surface area contributed by atoms with Crippen molar-refractivity contribution in [3.63, 3.8) is 0 Å². The van der Waals surface area contributed by atoms with Gasteiger partial charge in [-0.1, -0.05) is 35.9 Å². The molecule has 1 amide bonds. The number of rotatable bonds is 2. The maximum Gasteiger partial charge on any atom is 0.261 e. The normalized spacial score (nSPS) is 20.6. The Labute approximate surface area is 120 Å². The van der Waals surface area contributed by atoms with Crippen molar-refractivity contribution in [2.24, 2.45) is 0 Å². The van der Waals surface area contributed by atoms with Crippen LogP contribution in [0.5, 0.6) is 0 Å². The first kappa shape index (κ1) is 13.1. The first-order valence-electron chi connectivity index (χ1n) is 6.08. The Balaban J connectivity index is 2.03. The lowest BCUT2D eigenvalue weighted by molar-refractivity contribution is -0.133. The quantitative estimate of drug-likeness (QED) is 0.894. The van der Waals surface area contributed by atoms with E-state index in [1.807, 2.05) is 0 Å². The molecule has 102 valence electrons. The van der Waals surface area contributed by atoms with Gasteiger partial charge in [0.25, 0.3) is 5.91 Å². The highest BCUT2D eigenvalue weighted by molar-refractivity contribution is 6.30. The fraction of sp³-hybridized carbons (Fsp3) is 0.133. The lowest BCUT2D eigenvalue weighted by Gasteiger charge is -2.21. The minimum absolute atomic E-state index is 0.140. The Morgan fingerprint density at radius 3 is 2.75 bits per heavy atom. The molecule has 0 bridgehead atoms. The number of aliphatic hydroxyl groups is 1. The number of nitrogens with one attached hydrogen (secondary N) is 1. The topological polar surface area (TPSA) is 49.3 Å². The predicted octanol–water partition coefficient (Wildman–Crippen LogP) is 2.86. The van der Waals surface area contributed by atoms with Gasteiger partial charge in [-0.05, 0) is 23.8 Å². The monoisotopic (exact) mass is 291 g/mol. The summed E-state index contributed by atoms with van der Waals surface area (Å²) in [6.45, 7) is 0. The van der Waals surface area contributed by atoms with Crippen LogP contribution >= 0.6 is 11.6 Å². The van der Waals surface area contributed by atoms with E-state index in [0.717, 1.165) is 0 Å². The summed E-state index contributed by atoms with van der Waals surface area (Å²) in [4.78, 5) is 12.0. The molecule has 0 aliphatic carbocycles. The van der Waals surface area contributed by atoms with Crippen molar-refractivity contribution >= 4 is 23.2 Å². The molecule has 1 heterocycles. The standard InChI is InChI=1S/C15H11ClFNO2/c16-10-6-5-9(12(17)7-10)8-15(20)11-3-1-2-4-13(11)18-14(15)19/h1-7,20H,8H2,(H,18,19). The second-order valence-corrected chi connectivity index (χ2v) is 5.21. The molecule has 0 fully saturated rings. The van der Waals surface area contributed by atoms with Gasteiger partial charge >= 0.3 is 0 Å². The number of para-hydroxylation sites is 1. The molecule has 1 aliphatic rings. The van der Waals surface area contributed by atoms with E-state index in [1.54, 1.807) is 24.3 Å². The number of fused-ring (bicyclic) bond motifs is 1. The van der Waals surface area contributed by atoms with Gasteiger partial charge in [0.15, 0.2) is 5.60 Å². The molecule has 0 saturated carbocycles. The Kier molecular flexibility index (Phi) is 3.00. The van der Waals surface area contributed by atoms with E-state index >= 15 is 0 Å². The van der Waals surface area contributed by atoms with Crippen LogP contribution in [-0.4, -0.2) is 11.0 Å². The smallest absolute Gasteiger partial charge is 0.261 e. The fourth-order valence-corrected chi connectivity index (χ4v) is 2.58. The van der Waals surface area contributed by atoms with Crippen LogP contribution < -0.4 is 5.32 Å². The molecule has 2 aromatic carbocycles. The SMILES string of the molecule is O=C1Nc2ccccc2C1(O)Cc1ccc(Cl)cc1F. The van der Waals surface area contributed by atoms with Crippen LogP contribution in [-0.2, 0) is 16.8 Å². The average Bonchev–Trinajstić information content (AvgIpc) is 2.66. The molecular weight excluding hydrogens is 281 g/mol. The van der Waals surface area contributed by atoms with Crippen molar-refractivity contribution < 1.29 is 14.3 Å². The molecule has 1 aliphatic heterocycles. The number of hydrogen-bond acceptors (Lipinski definition) is 2. The molecule has 20 heavy (non-hydrogen) atoms. The van der Waals surface area contributed by atoms with Crippen molar-refractivity contribution in [1.82, 2.24) is 0 Å². The Morgan fingerprint density at radius 2 is 2.00 bits per heavy atom. The first-order valence-corrected chi connectivity index (χ1v) is 6.46.